The van der Waals surface area contributed by atoms with Gasteiger partial charge < -0.3 is 19.6 Å². The summed E-state index contributed by atoms with van der Waals surface area (Å²) >= 11 is 22.1. The number of hydrogen-bond donors (Lipinski definition) is 0. The minimum Gasteiger partial charge on any atom is -0.306 e. The number of rotatable bonds is 61. The molecule has 16 rings (SSSR count). The van der Waals surface area contributed by atoms with Gasteiger partial charge in [-0.05, 0) is 134 Å². The average Bonchev–Trinajstić information content (AvgIpc) is 1.54. The molecule has 4 unspecified atom stereocenters. The van der Waals surface area contributed by atoms with Gasteiger partial charge in [0.2, 0.25) is 0 Å². The molecule has 20 heteroatoms. The molecule has 4 atom stereocenters. The number of amides is 4. The lowest BCUT2D eigenvalue weighted by Crippen LogP contribution is -2.34. The highest BCUT2D eigenvalue weighted by Gasteiger charge is 2.53. The number of fused-ring (bicyclic) bond motifs is 14. The zero-order chi connectivity index (χ0) is 88.6. The molecule has 16 heterocycles. The van der Waals surface area contributed by atoms with E-state index in [0.717, 1.165) is 107 Å². The van der Waals surface area contributed by atoms with E-state index >= 15 is 19.2 Å². The van der Waals surface area contributed by atoms with Gasteiger partial charge in [0.15, 0.2) is 0 Å². The molecular weight excluding hydrogens is 1800 g/mol. The minimum absolute atomic E-state index is 0.0295. The van der Waals surface area contributed by atoms with Crippen LogP contribution >= 0.6 is 136 Å². The molecule has 4 aliphatic rings. The van der Waals surface area contributed by atoms with Crippen molar-refractivity contribution in [1.29, 1.82) is 0 Å². The molecule has 0 saturated carbocycles. The number of carbonyl (C=O) groups is 4. The first-order valence-corrected chi connectivity index (χ1v) is 60.8. The molecule has 0 saturated heterocycles. The third kappa shape index (κ3) is 21.9. The Morgan fingerprint density at radius 1 is 0.211 bits per heavy atom. The smallest absolute Gasteiger partial charge is 0.261 e. The van der Waals surface area contributed by atoms with Crippen LogP contribution in [0.1, 0.15) is 383 Å². The molecule has 128 heavy (non-hydrogen) atoms. The maximum absolute atomic E-state index is 16.6. The van der Waals surface area contributed by atoms with Crippen LogP contribution in [0.5, 0.6) is 0 Å². The molecule has 4 aliphatic heterocycles. The fraction of sp³-hybridized carbons (Fsp3) is 0.593. The molecule has 690 valence electrons. The summed E-state index contributed by atoms with van der Waals surface area (Å²) in [6.45, 7) is 21.0. The van der Waals surface area contributed by atoms with Crippen LogP contribution in [0.25, 0.3) is 108 Å². The zero-order valence-corrected chi connectivity index (χ0v) is 88.0. The predicted octanol–water partition coefficient (Wildman–Crippen LogP) is 38.3. The van der Waals surface area contributed by atoms with Crippen molar-refractivity contribution in [3.8, 4) is 9.75 Å². The van der Waals surface area contributed by atoms with E-state index in [1.807, 2.05) is 136 Å². The summed E-state index contributed by atoms with van der Waals surface area (Å²) in [5.41, 5.74) is 6.09. The summed E-state index contributed by atoms with van der Waals surface area (Å²) < 4.78 is 20.4. The first-order chi connectivity index (χ1) is 62.9. The molecule has 0 radical (unpaired) electrons. The molecule has 0 spiro atoms. The van der Waals surface area contributed by atoms with Gasteiger partial charge in [0.05, 0.1) is 102 Å². The van der Waals surface area contributed by atoms with Crippen molar-refractivity contribution in [3.63, 3.8) is 0 Å². The fourth-order valence-corrected chi connectivity index (χ4v) is 37.0. The van der Waals surface area contributed by atoms with Crippen molar-refractivity contribution in [2.24, 2.45) is 23.7 Å². The Morgan fingerprint density at radius 3 is 0.617 bits per heavy atom. The van der Waals surface area contributed by atoms with Crippen LogP contribution in [0.3, 0.4) is 0 Å². The van der Waals surface area contributed by atoms with Crippen LogP contribution in [0.2, 0.25) is 0 Å². The first kappa shape index (κ1) is 96.4. The van der Waals surface area contributed by atoms with Gasteiger partial charge in [0.25, 0.3) is 23.6 Å². The Labute approximate surface area is 812 Å². The monoisotopic (exact) mass is 1940 g/mol. The number of thiophene rings is 12. The second-order valence-electron chi connectivity index (χ2n) is 38.1. The van der Waals surface area contributed by atoms with Crippen LogP contribution in [0.15, 0.2) is 81.6 Å². The average molecular weight is 1950 g/mol. The Balaban J connectivity index is 0.778. The number of nitrogens with zero attached hydrogens (tertiary/aromatic N) is 4. The van der Waals surface area contributed by atoms with E-state index < -0.39 is 0 Å². The van der Waals surface area contributed by atoms with Crippen molar-refractivity contribution in [2.75, 3.05) is 26.2 Å². The molecular formula is C108H142N4O4S12. The topological polar surface area (TPSA) is 81.2 Å². The molecule has 12 aromatic heterocycles. The van der Waals surface area contributed by atoms with E-state index in [-0.39, 0.29) is 23.6 Å². The van der Waals surface area contributed by atoms with Gasteiger partial charge in [-0.2, -0.15) is 0 Å². The summed E-state index contributed by atoms with van der Waals surface area (Å²) in [5, 5.41) is 4.43. The molecule has 0 aromatic carbocycles. The third-order valence-corrected chi connectivity index (χ3v) is 43.1. The summed E-state index contributed by atoms with van der Waals surface area (Å²) in [6, 6.07) is 18.8. The molecule has 0 N–H and O–H groups in total. The van der Waals surface area contributed by atoms with Gasteiger partial charge in [-0.1, -0.05) is 312 Å². The molecule has 12 aromatic rings. The van der Waals surface area contributed by atoms with Crippen molar-refractivity contribution in [1.82, 2.24) is 19.6 Å². The number of unbranched alkanes of at least 4 members (excludes halogenated alkanes) is 32. The van der Waals surface area contributed by atoms with Crippen LogP contribution in [0.4, 0.5) is 0 Å². The molecule has 4 amide bonds. The van der Waals surface area contributed by atoms with Gasteiger partial charge >= 0.3 is 0 Å². The van der Waals surface area contributed by atoms with E-state index in [1.54, 1.807) is 0 Å². The molecule has 0 fully saturated rings. The Kier molecular flexibility index (Phi) is 35.6. The van der Waals surface area contributed by atoms with Gasteiger partial charge in [0.1, 0.15) is 0 Å². The van der Waals surface area contributed by atoms with E-state index in [2.05, 4.69) is 134 Å². The predicted molar refractivity (Wildman–Crippen MR) is 575 cm³/mol. The summed E-state index contributed by atoms with van der Waals surface area (Å²) in [4.78, 5) is 81.8. The van der Waals surface area contributed by atoms with E-state index in [4.69, 9.17) is 0 Å². The first-order valence-electron chi connectivity index (χ1n) is 50.8. The lowest BCUT2D eigenvalue weighted by Gasteiger charge is -2.29. The van der Waals surface area contributed by atoms with Gasteiger partial charge in [-0.3, -0.25) is 19.2 Å². The maximum atomic E-state index is 16.6. The lowest BCUT2D eigenvalue weighted by atomic mass is 9.93. The standard InChI is InChI=1S/C108H142N4O4S12/c1-9-17-25-33-37-45-53-71(49-41-29-21-13-5)67-109-93(79-63-85-99(125-79)97-75(119-85)57-59-117-97)89-91(107(109)115)95(111(105(89)113)69-73(51-43-31-23-15-7)55-47-39-35-27-19-11-3)81-65-87-103(127-81)101-83(121-87)61-77(123-101)78-62-84-102(124-78)104-88(122-84)66-82(128-104)96-92-90(106(114)112(96)70-74(52-44-32-24-16-8)56-48-40-36-28-20-12-4)94(80-64-86-100(126-80)98-76(120-86)58-60-118-98)110(108(92)116)68-72(50-42-30-22-14-6)54-46-38-34-26-18-10-2/h57-66,71-74H,9-56,67-70H2,1-8H3. The van der Waals surface area contributed by atoms with E-state index in [9.17, 15) is 0 Å². The normalized spacial score (nSPS) is 15.8. The summed E-state index contributed by atoms with van der Waals surface area (Å²) in [6.07, 6.45) is 57.8. The van der Waals surface area contributed by atoms with Gasteiger partial charge in [-0.15, -0.1) is 136 Å². The Bertz CT molecular complexity index is 5490. The molecule has 0 bridgehead atoms. The van der Waals surface area contributed by atoms with Crippen molar-refractivity contribution in [3.05, 3.63) is 101 Å². The SMILES string of the molecule is CCCCCCCCC(CCCCCC)CN1C(=O)C2=C(c3cc4sc5cc(-c6cc7sc8cc(C9=C%10C(=O)N(CC(CCCCCC)CCCCCCCC)C(c%11cc%12sc%13ccsc%13c%12s%11)=C%10C(=O)N9CC(CCCCCC)CCCCCCCC)sc8c7s6)sc5c4s3)N(CC(CCCCCC)CCCCCCCC)C(=O)C2=C1c1cc2sc3ccsc3c2s1. The largest absolute Gasteiger partial charge is 0.306 e. The van der Waals surface area contributed by atoms with Crippen molar-refractivity contribution < 1.29 is 19.2 Å². The quantitative estimate of drug-likeness (QED) is 0.0356. The molecule has 8 nitrogen and oxygen atoms in total. The fourth-order valence-electron chi connectivity index (χ4n) is 21.1. The van der Waals surface area contributed by atoms with Gasteiger partial charge in [0, 0.05) is 73.5 Å². The number of carbonyl (C=O) groups excluding carboxylic acids is 4. The lowest BCUT2D eigenvalue weighted by molar-refractivity contribution is -0.124. The number of hydrogen-bond acceptors (Lipinski definition) is 16. The van der Waals surface area contributed by atoms with Crippen molar-refractivity contribution in [2.45, 2.75) is 364 Å². The highest BCUT2D eigenvalue weighted by atomic mass is 32.1. The van der Waals surface area contributed by atoms with Crippen LogP contribution in [-0.2, 0) is 19.2 Å². The van der Waals surface area contributed by atoms with Crippen LogP contribution in [0, 0.1) is 23.7 Å². The summed E-state index contributed by atoms with van der Waals surface area (Å²) in [7, 11) is 0. The highest BCUT2D eigenvalue weighted by molar-refractivity contribution is 7.43. The third-order valence-electron chi connectivity index (χ3n) is 28.2. The minimum atomic E-state index is 0.0295. The van der Waals surface area contributed by atoms with Crippen LogP contribution in [-0.4, -0.2) is 69.4 Å². The Morgan fingerprint density at radius 2 is 0.391 bits per heavy atom. The highest BCUT2D eigenvalue weighted by Crippen LogP contribution is 2.59. The summed E-state index contributed by atoms with van der Waals surface area (Å²) in [5.74, 6) is 1.46. The van der Waals surface area contributed by atoms with Crippen molar-refractivity contribution >= 4 is 258 Å². The zero-order valence-electron chi connectivity index (χ0n) is 78.2. The second-order valence-corrected chi connectivity index (χ2v) is 50.6. The second kappa shape index (κ2) is 47.2. The maximum Gasteiger partial charge on any atom is 0.261 e. The van der Waals surface area contributed by atoms with Crippen LogP contribution < -0.4 is 0 Å². The molecule has 0 aliphatic carbocycles. The Hall–Kier alpha value is -4.68. The van der Waals surface area contributed by atoms with Gasteiger partial charge in [-0.25, -0.2) is 0 Å². The van der Waals surface area contributed by atoms with E-state index in [0.29, 0.717) is 72.1 Å². The van der Waals surface area contributed by atoms with E-state index in [1.165, 1.54) is 329 Å².